The smallest absolute Gasteiger partial charge is 0.115 e. The number of benzene rings is 1. The number of aryl methyl sites for hydroxylation is 1. The minimum atomic E-state index is -0.349. The van der Waals surface area contributed by atoms with Gasteiger partial charge in [-0.2, -0.15) is 0 Å². The molecule has 2 aromatic rings. The Morgan fingerprint density at radius 1 is 1.15 bits per heavy atom. The molecule has 140 valence electrons. The molecule has 2 saturated carbocycles. The summed E-state index contributed by atoms with van der Waals surface area (Å²) in [5.74, 6) is 2.10. The maximum absolute atomic E-state index is 11.2. The van der Waals surface area contributed by atoms with Crippen LogP contribution in [0.4, 0.5) is 0 Å². The molecule has 0 unspecified atom stereocenters. The van der Waals surface area contributed by atoms with Gasteiger partial charge in [-0.15, -0.1) is 0 Å². The SMILES string of the molecule is C[C@]12CC[C@@H]3c4ccc(O)cc4CC[C@H]3[C@@H]1CC(=Cc1ccncc1)[C@@H]2O. The van der Waals surface area contributed by atoms with Gasteiger partial charge in [-0.25, -0.2) is 0 Å². The predicted octanol–water partition coefficient (Wildman–Crippen LogP) is 4.70. The van der Waals surface area contributed by atoms with Crippen molar-refractivity contribution in [1.29, 1.82) is 0 Å². The van der Waals surface area contributed by atoms with Gasteiger partial charge in [-0.3, -0.25) is 4.98 Å². The lowest BCUT2D eigenvalue weighted by atomic mass is 9.55. The molecule has 0 aliphatic heterocycles. The molecule has 0 saturated heterocycles. The Balaban J connectivity index is 1.49. The third-order valence-corrected chi connectivity index (χ3v) is 7.64. The molecule has 5 rings (SSSR count). The largest absolute Gasteiger partial charge is 0.508 e. The number of pyridine rings is 1. The van der Waals surface area contributed by atoms with E-state index in [4.69, 9.17) is 0 Å². The van der Waals surface area contributed by atoms with E-state index >= 15 is 0 Å². The molecular formula is C24H27NO2. The average molecular weight is 361 g/mol. The van der Waals surface area contributed by atoms with Crippen LogP contribution in [0, 0.1) is 17.3 Å². The van der Waals surface area contributed by atoms with Crippen LogP contribution < -0.4 is 0 Å². The Morgan fingerprint density at radius 2 is 1.96 bits per heavy atom. The number of aliphatic hydroxyl groups excluding tert-OH is 1. The molecule has 0 bridgehead atoms. The van der Waals surface area contributed by atoms with E-state index in [2.05, 4.69) is 24.1 Å². The van der Waals surface area contributed by atoms with Gasteiger partial charge in [0.15, 0.2) is 0 Å². The highest BCUT2D eigenvalue weighted by atomic mass is 16.3. The van der Waals surface area contributed by atoms with Crippen molar-refractivity contribution < 1.29 is 10.2 Å². The number of nitrogens with zero attached hydrogens (tertiary/aromatic N) is 1. The van der Waals surface area contributed by atoms with Crippen LogP contribution in [0.1, 0.15) is 55.2 Å². The fourth-order valence-electron chi connectivity index (χ4n) is 6.24. The van der Waals surface area contributed by atoms with Crippen molar-refractivity contribution in [2.24, 2.45) is 17.3 Å². The summed E-state index contributed by atoms with van der Waals surface area (Å²) in [5, 5.41) is 21.0. The van der Waals surface area contributed by atoms with Crippen LogP contribution in [0.2, 0.25) is 0 Å². The van der Waals surface area contributed by atoms with Gasteiger partial charge in [0.1, 0.15) is 5.75 Å². The first-order chi connectivity index (χ1) is 13.1. The first-order valence-electron chi connectivity index (χ1n) is 10.2. The van der Waals surface area contributed by atoms with E-state index in [9.17, 15) is 10.2 Å². The quantitative estimate of drug-likeness (QED) is 0.774. The van der Waals surface area contributed by atoms with Crippen LogP contribution in [0.5, 0.6) is 5.75 Å². The Bertz CT molecular complexity index is 891. The highest BCUT2D eigenvalue weighted by molar-refractivity contribution is 5.55. The zero-order valence-electron chi connectivity index (χ0n) is 15.8. The van der Waals surface area contributed by atoms with Gasteiger partial charge < -0.3 is 10.2 Å². The van der Waals surface area contributed by atoms with Crippen molar-refractivity contribution in [3.8, 4) is 5.75 Å². The summed E-state index contributed by atoms with van der Waals surface area (Å²) in [6, 6.07) is 9.96. The normalized spacial score (nSPS) is 36.1. The second-order valence-electron chi connectivity index (χ2n) is 8.95. The fourth-order valence-corrected chi connectivity index (χ4v) is 6.24. The minimum absolute atomic E-state index is 0.0194. The van der Waals surface area contributed by atoms with Gasteiger partial charge in [0, 0.05) is 17.8 Å². The second-order valence-corrected chi connectivity index (χ2v) is 8.95. The van der Waals surface area contributed by atoms with E-state index < -0.39 is 0 Å². The molecule has 1 heterocycles. The molecular weight excluding hydrogens is 334 g/mol. The third-order valence-electron chi connectivity index (χ3n) is 7.64. The van der Waals surface area contributed by atoms with Crippen LogP contribution in [-0.2, 0) is 6.42 Å². The third kappa shape index (κ3) is 2.63. The first-order valence-corrected chi connectivity index (χ1v) is 10.2. The monoisotopic (exact) mass is 361 g/mol. The van der Waals surface area contributed by atoms with Gasteiger partial charge in [0.25, 0.3) is 0 Å². The first kappa shape index (κ1) is 17.0. The maximum Gasteiger partial charge on any atom is 0.115 e. The van der Waals surface area contributed by atoms with Crippen molar-refractivity contribution in [2.45, 2.75) is 51.0 Å². The standard InChI is InChI=1S/C24H27NO2/c1-24-9-6-20-19-5-3-18(26)13-16(19)2-4-21(20)22(24)14-17(23(24)27)12-15-7-10-25-11-8-15/h3,5,7-8,10-13,20-23,26-27H,2,4,6,9,14H2,1H3/t20-,21-,22+,23+,24+/m1/s1. The van der Waals surface area contributed by atoms with Crippen LogP contribution >= 0.6 is 0 Å². The molecule has 0 amide bonds. The van der Waals surface area contributed by atoms with E-state index in [1.165, 1.54) is 16.7 Å². The highest BCUT2D eigenvalue weighted by Gasteiger charge is 2.56. The minimum Gasteiger partial charge on any atom is -0.508 e. The molecule has 1 aromatic carbocycles. The van der Waals surface area contributed by atoms with Crippen molar-refractivity contribution in [1.82, 2.24) is 4.98 Å². The predicted molar refractivity (Wildman–Crippen MR) is 106 cm³/mol. The molecule has 1 aromatic heterocycles. The Morgan fingerprint density at radius 3 is 2.78 bits per heavy atom. The maximum atomic E-state index is 11.2. The summed E-state index contributed by atoms with van der Waals surface area (Å²) < 4.78 is 0. The van der Waals surface area contributed by atoms with Crippen molar-refractivity contribution in [3.63, 3.8) is 0 Å². The van der Waals surface area contributed by atoms with Crippen molar-refractivity contribution in [3.05, 3.63) is 65.0 Å². The van der Waals surface area contributed by atoms with Gasteiger partial charge >= 0.3 is 0 Å². The molecule has 3 aliphatic carbocycles. The van der Waals surface area contributed by atoms with E-state index in [1.807, 2.05) is 36.7 Å². The lowest BCUT2D eigenvalue weighted by Crippen LogP contribution is -2.44. The molecule has 3 aliphatic rings. The van der Waals surface area contributed by atoms with E-state index in [-0.39, 0.29) is 11.5 Å². The number of aromatic nitrogens is 1. The topological polar surface area (TPSA) is 53.4 Å². The van der Waals surface area contributed by atoms with Crippen molar-refractivity contribution >= 4 is 6.08 Å². The lowest BCUT2D eigenvalue weighted by Gasteiger charge is -2.49. The summed E-state index contributed by atoms with van der Waals surface area (Å²) in [6.45, 7) is 2.30. The molecule has 0 radical (unpaired) electrons. The highest BCUT2D eigenvalue weighted by Crippen LogP contribution is 2.62. The zero-order valence-corrected chi connectivity index (χ0v) is 15.8. The fraction of sp³-hybridized carbons (Fsp3) is 0.458. The molecule has 2 N–H and O–H groups in total. The number of aromatic hydroxyl groups is 1. The molecule has 2 fully saturated rings. The number of phenols is 1. The lowest BCUT2D eigenvalue weighted by molar-refractivity contribution is -0.0158. The molecule has 3 heteroatoms. The van der Waals surface area contributed by atoms with E-state index in [1.54, 1.807) is 0 Å². The molecule has 3 nitrogen and oxygen atoms in total. The average Bonchev–Trinajstić information content (AvgIpc) is 2.93. The van der Waals surface area contributed by atoms with Crippen molar-refractivity contribution in [2.75, 3.05) is 0 Å². The Kier molecular flexibility index (Phi) is 3.90. The zero-order chi connectivity index (χ0) is 18.6. The van der Waals surface area contributed by atoms with E-state index in [0.29, 0.717) is 23.5 Å². The van der Waals surface area contributed by atoms with Crippen LogP contribution in [0.15, 0.2) is 48.3 Å². The number of aliphatic hydroxyl groups is 1. The Labute approximate surface area is 160 Å². The number of rotatable bonds is 1. The van der Waals surface area contributed by atoms with Crippen LogP contribution in [-0.4, -0.2) is 21.3 Å². The molecule has 5 atom stereocenters. The summed E-state index contributed by atoms with van der Waals surface area (Å²) >= 11 is 0. The summed E-state index contributed by atoms with van der Waals surface area (Å²) in [6.07, 6.45) is 10.8. The summed E-state index contributed by atoms with van der Waals surface area (Å²) in [4.78, 5) is 4.10. The summed E-state index contributed by atoms with van der Waals surface area (Å²) in [5.41, 5.74) is 5.06. The van der Waals surface area contributed by atoms with Crippen LogP contribution in [0.3, 0.4) is 0 Å². The second kappa shape index (κ2) is 6.20. The number of hydrogen-bond donors (Lipinski definition) is 2. The van der Waals surface area contributed by atoms with Crippen LogP contribution in [0.25, 0.3) is 6.08 Å². The van der Waals surface area contributed by atoms with E-state index in [0.717, 1.165) is 37.7 Å². The molecule has 27 heavy (non-hydrogen) atoms. The Hall–Kier alpha value is -2.13. The molecule has 0 spiro atoms. The van der Waals surface area contributed by atoms with Gasteiger partial charge in [-0.05, 0) is 96.4 Å². The number of hydrogen-bond acceptors (Lipinski definition) is 3. The summed E-state index contributed by atoms with van der Waals surface area (Å²) in [7, 11) is 0. The number of fused-ring (bicyclic) bond motifs is 5. The van der Waals surface area contributed by atoms with Gasteiger partial charge in [0.05, 0.1) is 6.10 Å². The number of phenolic OH excluding ortho intramolecular Hbond substituents is 1. The van der Waals surface area contributed by atoms with Gasteiger partial charge in [-0.1, -0.05) is 19.1 Å². The van der Waals surface area contributed by atoms with Gasteiger partial charge in [0.2, 0.25) is 0 Å².